The monoisotopic (exact) mass is 412 g/mol. The molecule has 2 heterocycles. The fourth-order valence-electron chi connectivity index (χ4n) is 2.88. The molecule has 1 N–H and O–H groups in total. The van der Waals surface area contributed by atoms with Gasteiger partial charge in [-0.05, 0) is 29.8 Å². The van der Waals surface area contributed by atoms with Gasteiger partial charge in [0.05, 0.1) is 16.0 Å². The number of amides is 1. The van der Waals surface area contributed by atoms with Crippen molar-refractivity contribution in [1.82, 2.24) is 19.9 Å². The molecule has 0 radical (unpaired) electrons. The number of nitrogens with one attached hydrogen (secondary N) is 1. The molecule has 142 valence electrons. The number of thioether (sulfide) groups is 1. The van der Waals surface area contributed by atoms with E-state index in [1.807, 2.05) is 35.9 Å². The number of para-hydroxylation sites is 1. The SMILES string of the molecule is Cn1ccnc1C(NC(=O)CSc1nc2ccccc2s1)c1cccc(F)c1. The van der Waals surface area contributed by atoms with E-state index in [4.69, 9.17) is 0 Å². The summed E-state index contributed by atoms with van der Waals surface area (Å²) in [6.07, 6.45) is 3.45. The number of thiazole rings is 1. The number of rotatable bonds is 6. The number of imidazole rings is 1. The minimum atomic E-state index is -0.529. The largest absolute Gasteiger partial charge is 0.341 e. The van der Waals surface area contributed by atoms with Crippen molar-refractivity contribution in [1.29, 1.82) is 0 Å². The van der Waals surface area contributed by atoms with E-state index in [-0.39, 0.29) is 17.5 Å². The summed E-state index contributed by atoms with van der Waals surface area (Å²) in [6, 6.07) is 13.6. The highest BCUT2D eigenvalue weighted by Gasteiger charge is 2.21. The normalized spacial score (nSPS) is 12.2. The molecular formula is C20H17FN4OS2. The number of carbonyl (C=O) groups excluding carboxylic acids is 1. The third-order valence-electron chi connectivity index (χ3n) is 4.20. The third kappa shape index (κ3) is 4.07. The first-order valence-electron chi connectivity index (χ1n) is 8.60. The summed E-state index contributed by atoms with van der Waals surface area (Å²) in [7, 11) is 1.84. The molecule has 28 heavy (non-hydrogen) atoms. The van der Waals surface area contributed by atoms with Crippen LogP contribution in [-0.2, 0) is 11.8 Å². The van der Waals surface area contributed by atoms with Gasteiger partial charge in [-0.15, -0.1) is 11.3 Å². The number of aromatic nitrogens is 3. The Morgan fingerprint density at radius 2 is 2.14 bits per heavy atom. The Labute approximate surface area is 169 Å². The lowest BCUT2D eigenvalue weighted by Crippen LogP contribution is -2.32. The van der Waals surface area contributed by atoms with Crippen LogP contribution in [0.4, 0.5) is 4.39 Å². The number of hydrogen-bond donors (Lipinski definition) is 1. The zero-order chi connectivity index (χ0) is 19.5. The van der Waals surface area contributed by atoms with Crippen molar-refractivity contribution in [3.05, 3.63) is 78.1 Å². The Morgan fingerprint density at radius 3 is 2.89 bits per heavy atom. The minimum absolute atomic E-state index is 0.165. The van der Waals surface area contributed by atoms with Crippen molar-refractivity contribution in [2.24, 2.45) is 7.05 Å². The van der Waals surface area contributed by atoms with Gasteiger partial charge in [0.15, 0.2) is 4.34 Å². The van der Waals surface area contributed by atoms with Crippen molar-refractivity contribution >= 4 is 39.2 Å². The van der Waals surface area contributed by atoms with Crippen molar-refractivity contribution in [3.63, 3.8) is 0 Å². The standard InChI is InChI=1S/C20H17FN4OS2/c1-25-10-9-22-19(25)18(13-5-4-6-14(21)11-13)24-17(26)12-27-20-23-15-7-2-3-8-16(15)28-20/h2-11,18H,12H2,1H3,(H,24,26). The van der Waals surface area contributed by atoms with Crippen LogP contribution in [0.3, 0.4) is 0 Å². The molecule has 4 rings (SSSR count). The Balaban J connectivity index is 1.50. The Hall–Kier alpha value is -2.71. The number of aryl methyl sites for hydroxylation is 1. The number of carbonyl (C=O) groups is 1. The molecular weight excluding hydrogens is 395 g/mol. The molecule has 5 nitrogen and oxygen atoms in total. The maximum absolute atomic E-state index is 13.7. The molecule has 0 aliphatic rings. The third-order valence-corrected chi connectivity index (χ3v) is 6.38. The maximum atomic E-state index is 13.7. The number of nitrogens with zero attached hydrogens (tertiary/aromatic N) is 3. The van der Waals surface area contributed by atoms with Gasteiger partial charge in [0.25, 0.3) is 0 Å². The zero-order valence-corrected chi connectivity index (χ0v) is 16.6. The van der Waals surface area contributed by atoms with Crippen LogP contribution in [0.5, 0.6) is 0 Å². The van der Waals surface area contributed by atoms with Gasteiger partial charge in [-0.25, -0.2) is 14.4 Å². The lowest BCUT2D eigenvalue weighted by Gasteiger charge is -2.19. The van der Waals surface area contributed by atoms with E-state index in [0.29, 0.717) is 11.4 Å². The van der Waals surface area contributed by atoms with Gasteiger partial charge in [-0.1, -0.05) is 36.0 Å². The van der Waals surface area contributed by atoms with Gasteiger partial charge < -0.3 is 9.88 Å². The van der Waals surface area contributed by atoms with Crippen molar-refractivity contribution < 1.29 is 9.18 Å². The van der Waals surface area contributed by atoms with E-state index in [2.05, 4.69) is 15.3 Å². The summed E-state index contributed by atoms with van der Waals surface area (Å²) < 4.78 is 17.5. The fraction of sp³-hybridized carbons (Fsp3) is 0.150. The molecule has 4 aromatic rings. The van der Waals surface area contributed by atoms with Crippen LogP contribution >= 0.6 is 23.1 Å². The molecule has 0 aliphatic carbocycles. The minimum Gasteiger partial charge on any atom is -0.341 e. The highest BCUT2D eigenvalue weighted by molar-refractivity contribution is 8.01. The molecule has 1 unspecified atom stereocenters. The predicted octanol–water partition coefficient (Wildman–Crippen LogP) is 4.17. The molecule has 2 aromatic carbocycles. The Kier molecular flexibility index (Phi) is 5.40. The van der Waals surface area contributed by atoms with E-state index < -0.39 is 6.04 Å². The summed E-state index contributed by atoms with van der Waals surface area (Å²) >= 11 is 2.95. The van der Waals surface area contributed by atoms with Gasteiger partial charge in [0.2, 0.25) is 5.91 Å². The lowest BCUT2D eigenvalue weighted by atomic mass is 10.1. The van der Waals surface area contributed by atoms with Crippen LogP contribution in [0.2, 0.25) is 0 Å². The van der Waals surface area contributed by atoms with Crippen LogP contribution in [0.15, 0.2) is 65.3 Å². The van der Waals surface area contributed by atoms with Gasteiger partial charge in [-0.3, -0.25) is 4.79 Å². The molecule has 2 aromatic heterocycles. The molecule has 8 heteroatoms. The molecule has 0 aliphatic heterocycles. The molecule has 1 atom stereocenters. The van der Waals surface area contributed by atoms with Crippen molar-refractivity contribution in [2.75, 3.05) is 5.75 Å². The molecule has 0 saturated heterocycles. The smallest absolute Gasteiger partial charge is 0.231 e. The average molecular weight is 413 g/mol. The van der Waals surface area contributed by atoms with Crippen LogP contribution < -0.4 is 5.32 Å². The number of benzene rings is 2. The first kappa shape index (κ1) is 18.6. The maximum Gasteiger partial charge on any atom is 0.231 e. The second kappa shape index (κ2) is 8.12. The summed E-state index contributed by atoms with van der Waals surface area (Å²) in [4.78, 5) is 21.5. The van der Waals surface area contributed by atoms with E-state index in [0.717, 1.165) is 14.6 Å². The lowest BCUT2D eigenvalue weighted by molar-refractivity contribution is -0.119. The molecule has 0 bridgehead atoms. The molecule has 0 saturated carbocycles. The average Bonchev–Trinajstić information content (AvgIpc) is 3.30. The predicted molar refractivity (Wildman–Crippen MR) is 110 cm³/mol. The summed E-state index contributed by atoms with van der Waals surface area (Å²) in [5, 5.41) is 2.97. The van der Waals surface area contributed by atoms with E-state index >= 15 is 0 Å². The van der Waals surface area contributed by atoms with Gasteiger partial charge >= 0.3 is 0 Å². The number of halogens is 1. The molecule has 1 amide bonds. The second-order valence-corrected chi connectivity index (χ2v) is 8.44. The van der Waals surface area contributed by atoms with Gasteiger partial charge in [0.1, 0.15) is 17.7 Å². The van der Waals surface area contributed by atoms with Gasteiger partial charge in [-0.2, -0.15) is 0 Å². The molecule has 0 spiro atoms. The first-order chi connectivity index (χ1) is 13.6. The van der Waals surface area contributed by atoms with Crippen LogP contribution in [-0.4, -0.2) is 26.2 Å². The quantitative estimate of drug-likeness (QED) is 0.483. The van der Waals surface area contributed by atoms with Crippen LogP contribution in [0.1, 0.15) is 17.4 Å². The van der Waals surface area contributed by atoms with Crippen molar-refractivity contribution in [2.45, 2.75) is 10.4 Å². The fourth-order valence-corrected chi connectivity index (χ4v) is 4.76. The topological polar surface area (TPSA) is 59.8 Å². The van der Waals surface area contributed by atoms with E-state index in [9.17, 15) is 9.18 Å². The van der Waals surface area contributed by atoms with Gasteiger partial charge in [0, 0.05) is 19.4 Å². The molecule has 0 fully saturated rings. The Morgan fingerprint density at radius 1 is 1.29 bits per heavy atom. The van der Waals surface area contributed by atoms with E-state index in [1.165, 1.54) is 23.9 Å². The number of hydrogen-bond acceptors (Lipinski definition) is 5. The van der Waals surface area contributed by atoms with E-state index in [1.54, 1.807) is 35.9 Å². The van der Waals surface area contributed by atoms with Crippen molar-refractivity contribution in [3.8, 4) is 0 Å². The zero-order valence-electron chi connectivity index (χ0n) is 15.0. The van der Waals surface area contributed by atoms with Crippen LogP contribution in [0.25, 0.3) is 10.2 Å². The summed E-state index contributed by atoms with van der Waals surface area (Å²) in [5.41, 5.74) is 1.58. The highest BCUT2D eigenvalue weighted by atomic mass is 32.2. The summed E-state index contributed by atoms with van der Waals surface area (Å²) in [6.45, 7) is 0. The first-order valence-corrected chi connectivity index (χ1v) is 10.4. The number of fused-ring (bicyclic) bond motifs is 1. The Bertz CT molecular complexity index is 1090. The summed E-state index contributed by atoms with van der Waals surface area (Å²) in [5.74, 6) is 0.344. The highest BCUT2D eigenvalue weighted by Crippen LogP contribution is 2.29. The van der Waals surface area contributed by atoms with Crippen LogP contribution in [0, 0.1) is 5.82 Å². The second-order valence-electron chi connectivity index (χ2n) is 6.19.